The van der Waals surface area contributed by atoms with E-state index >= 15 is 0 Å². The Morgan fingerprint density at radius 3 is 2.48 bits per heavy atom. The highest BCUT2D eigenvalue weighted by molar-refractivity contribution is 6.30. The fraction of sp³-hybridized carbons (Fsp3) is 0.227. The number of benzene rings is 2. The maximum absolute atomic E-state index is 13.4. The lowest BCUT2D eigenvalue weighted by Gasteiger charge is -2.32. The van der Waals surface area contributed by atoms with Crippen LogP contribution in [0.3, 0.4) is 0 Å². The van der Waals surface area contributed by atoms with Crippen molar-refractivity contribution in [3.05, 3.63) is 86.0 Å². The molecule has 0 aliphatic carbocycles. The quantitative estimate of drug-likeness (QED) is 0.530. The maximum atomic E-state index is 13.4. The van der Waals surface area contributed by atoms with Crippen LogP contribution >= 0.6 is 11.6 Å². The zero-order chi connectivity index (χ0) is 21.7. The molecule has 2 aromatic heterocycles. The number of β-amino-alcohol motifs (C(OH)–C–C–N with tert-alkyl or cyclic N) is 1. The smallest absolute Gasteiger partial charge is 0.332 e. The van der Waals surface area contributed by atoms with E-state index in [1.807, 2.05) is 35.2 Å². The van der Waals surface area contributed by atoms with Gasteiger partial charge in [-0.2, -0.15) is 4.98 Å². The molecule has 0 bridgehead atoms. The Balaban J connectivity index is 1.72. The van der Waals surface area contributed by atoms with Gasteiger partial charge in [0, 0.05) is 17.8 Å². The first kappa shape index (κ1) is 19.6. The van der Waals surface area contributed by atoms with E-state index in [-0.39, 0.29) is 13.1 Å². The molecule has 0 amide bonds. The number of hydrogen-bond donors (Lipinski definition) is 1. The molecule has 0 spiro atoms. The van der Waals surface area contributed by atoms with Gasteiger partial charge in [0.05, 0.1) is 25.7 Å². The van der Waals surface area contributed by atoms with Crippen molar-refractivity contribution in [2.24, 2.45) is 7.05 Å². The van der Waals surface area contributed by atoms with Crippen LogP contribution in [0.25, 0.3) is 11.2 Å². The molecule has 9 heteroatoms. The van der Waals surface area contributed by atoms with Crippen LogP contribution < -0.4 is 16.1 Å². The third kappa shape index (κ3) is 3.24. The molecule has 1 aliphatic rings. The monoisotopic (exact) mass is 437 g/mol. The van der Waals surface area contributed by atoms with E-state index in [1.165, 1.54) is 9.13 Å². The SMILES string of the molecule is Cn1c(=O)n(Cc2ccc(Cl)cc2)c(=O)c2c1nc1n2C[C@H](O)CN1c1ccccc1. The summed E-state index contributed by atoms with van der Waals surface area (Å²) in [4.78, 5) is 32.9. The number of imidazole rings is 1. The zero-order valence-corrected chi connectivity index (χ0v) is 17.5. The number of hydrogen-bond acceptors (Lipinski definition) is 5. The molecule has 1 N–H and O–H groups in total. The summed E-state index contributed by atoms with van der Waals surface area (Å²) in [6.07, 6.45) is -0.688. The molecule has 0 fully saturated rings. The lowest BCUT2D eigenvalue weighted by molar-refractivity contribution is 0.154. The van der Waals surface area contributed by atoms with E-state index in [0.717, 1.165) is 11.3 Å². The Morgan fingerprint density at radius 2 is 1.77 bits per heavy atom. The van der Waals surface area contributed by atoms with Gasteiger partial charge in [-0.25, -0.2) is 4.79 Å². The van der Waals surface area contributed by atoms with E-state index in [0.29, 0.717) is 28.7 Å². The van der Waals surface area contributed by atoms with E-state index in [2.05, 4.69) is 4.98 Å². The van der Waals surface area contributed by atoms with Gasteiger partial charge in [0.2, 0.25) is 5.95 Å². The highest BCUT2D eigenvalue weighted by Gasteiger charge is 2.30. The fourth-order valence-electron chi connectivity index (χ4n) is 4.04. The normalized spacial score (nSPS) is 16.0. The minimum absolute atomic E-state index is 0.115. The third-order valence-corrected chi connectivity index (χ3v) is 5.81. The molecule has 0 unspecified atom stereocenters. The summed E-state index contributed by atoms with van der Waals surface area (Å²) in [5, 5.41) is 11.1. The largest absolute Gasteiger partial charge is 0.389 e. The van der Waals surface area contributed by atoms with E-state index < -0.39 is 17.4 Å². The van der Waals surface area contributed by atoms with Gasteiger partial charge < -0.3 is 14.6 Å². The zero-order valence-electron chi connectivity index (χ0n) is 16.8. The van der Waals surface area contributed by atoms with Crippen molar-refractivity contribution in [1.82, 2.24) is 18.7 Å². The van der Waals surface area contributed by atoms with Crippen LogP contribution in [0.4, 0.5) is 11.6 Å². The van der Waals surface area contributed by atoms with Gasteiger partial charge in [0.1, 0.15) is 0 Å². The van der Waals surface area contributed by atoms with Gasteiger partial charge in [-0.05, 0) is 29.8 Å². The summed E-state index contributed by atoms with van der Waals surface area (Å²) < 4.78 is 4.28. The van der Waals surface area contributed by atoms with Crippen molar-refractivity contribution < 1.29 is 5.11 Å². The number of anilines is 2. The van der Waals surface area contributed by atoms with Crippen LogP contribution in [-0.4, -0.2) is 36.4 Å². The lowest BCUT2D eigenvalue weighted by atomic mass is 10.2. The Labute approximate surface area is 182 Å². The molecule has 0 saturated heterocycles. The van der Waals surface area contributed by atoms with Gasteiger partial charge >= 0.3 is 5.69 Å². The second kappa shape index (κ2) is 7.40. The number of nitrogens with zero attached hydrogens (tertiary/aromatic N) is 5. The van der Waals surface area contributed by atoms with Crippen molar-refractivity contribution in [1.29, 1.82) is 0 Å². The summed E-state index contributed by atoms with van der Waals surface area (Å²) in [6.45, 7) is 0.688. The minimum atomic E-state index is -0.688. The number of halogens is 1. The summed E-state index contributed by atoms with van der Waals surface area (Å²) in [5.41, 5.74) is 1.35. The number of fused-ring (bicyclic) bond motifs is 3. The maximum Gasteiger partial charge on any atom is 0.332 e. The van der Waals surface area contributed by atoms with Crippen molar-refractivity contribution in [2.75, 3.05) is 11.4 Å². The van der Waals surface area contributed by atoms with Gasteiger partial charge in [0.25, 0.3) is 5.56 Å². The van der Waals surface area contributed by atoms with Gasteiger partial charge in [0.15, 0.2) is 11.2 Å². The van der Waals surface area contributed by atoms with E-state index in [9.17, 15) is 14.7 Å². The number of aliphatic hydroxyl groups excluding tert-OH is 1. The highest BCUT2D eigenvalue weighted by Crippen LogP contribution is 2.30. The Morgan fingerprint density at radius 1 is 1.06 bits per heavy atom. The molecule has 1 atom stereocenters. The predicted molar refractivity (Wildman–Crippen MR) is 119 cm³/mol. The Bertz CT molecular complexity index is 1390. The first-order valence-corrected chi connectivity index (χ1v) is 10.3. The van der Waals surface area contributed by atoms with Crippen LogP contribution in [-0.2, 0) is 20.1 Å². The molecular formula is C22H20ClN5O3. The molecular weight excluding hydrogens is 418 g/mol. The second-order valence-electron chi connectivity index (χ2n) is 7.65. The third-order valence-electron chi connectivity index (χ3n) is 5.56. The van der Waals surface area contributed by atoms with Crippen molar-refractivity contribution in [3.8, 4) is 0 Å². The van der Waals surface area contributed by atoms with Crippen LogP contribution in [0, 0.1) is 0 Å². The standard InChI is InChI=1S/C22H20ClN5O3/c1-25-19-18(20(30)28(22(25)31)11-14-7-9-15(23)10-8-14)27-13-17(29)12-26(21(27)24-19)16-5-3-2-4-6-16/h2-10,17,29H,11-13H2,1H3/t17-/m1/s1. The molecule has 1 aliphatic heterocycles. The number of aromatic nitrogens is 4. The van der Waals surface area contributed by atoms with Gasteiger partial charge in [-0.3, -0.25) is 13.9 Å². The molecule has 8 nitrogen and oxygen atoms in total. The molecule has 0 radical (unpaired) electrons. The van der Waals surface area contributed by atoms with Gasteiger partial charge in [-0.1, -0.05) is 41.9 Å². The topological polar surface area (TPSA) is 85.3 Å². The minimum Gasteiger partial charge on any atom is -0.389 e. The summed E-state index contributed by atoms with van der Waals surface area (Å²) >= 11 is 5.95. The first-order valence-electron chi connectivity index (χ1n) is 9.89. The number of aliphatic hydroxyl groups is 1. The molecule has 158 valence electrons. The number of aryl methyl sites for hydroxylation is 1. The average molecular weight is 438 g/mol. The molecule has 4 aromatic rings. The average Bonchev–Trinajstić information content (AvgIpc) is 3.16. The van der Waals surface area contributed by atoms with Crippen molar-refractivity contribution >= 4 is 34.4 Å². The van der Waals surface area contributed by atoms with Crippen LogP contribution in [0.5, 0.6) is 0 Å². The first-order chi connectivity index (χ1) is 14.9. The molecule has 5 rings (SSSR count). The van der Waals surface area contributed by atoms with E-state index in [1.54, 1.807) is 35.9 Å². The highest BCUT2D eigenvalue weighted by atomic mass is 35.5. The summed E-state index contributed by atoms with van der Waals surface area (Å²) in [7, 11) is 1.60. The molecule has 0 saturated carbocycles. The molecule has 2 aromatic carbocycles. The lowest BCUT2D eigenvalue weighted by Crippen LogP contribution is -2.41. The van der Waals surface area contributed by atoms with Crippen LogP contribution in [0.2, 0.25) is 5.02 Å². The van der Waals surface area contributed by atoms with Gasteiger partial charge in [-0.15, -0.1) is 0 Å². The molecule has 31 heavy (non-hydrogen) atoms. The van der Waals surface area contributed by atoms with Crippen LogP contribution in [0.15, 0.2) is 64.2 Å². The summed E-state index contributed by atoms with van der Waals surface area (Å²) in [5.74, 6) is 0.530. The summed E-state index contributed by atoms with van der Waals surface area (Å²) in [6, 6.07) is 16.6. The van der Waals surface area contributed by atoms with Crippen molar-refractivity contribution in [2.45, 2.75) is 19.2 Å². The van der Waals surface area contributed by atoms with E-state index in [4.69, 9.17) is 11.6 Å². The van der Waals surface area contributed by atoms with Crippen LogP contribution in [0.1, 0.15) is 5.56 Å². The number of rotatable bonds is 3. The molecule has 3 heterocycles. The fourth-order valence-corrected chi connectivity index (χ4v) is 4.17. The Kier molecular flexibility index (Phi) is 4.68. The number of para-hydroxylation sites is 1. The van der Waals surface area contributed by atoms with Crippen molar-refractivity contribution in [3.63, 3.8) is 0 Å². The second-order valence-corrected chi connectivity index (χ2v) is 8.09. The predicted octanol–water partition coefficient (Wildman–Crippen LogP) is 2.11. The Hall–Kier alpha value is -3.36.